The Bertz CT molecular complexity index is 898. The second kappa shape index (κ2) is 12.7. The van der Waals surface area contributed by atoms with Crippen molar-refractivity contribution in [2.24, 2.45) is 5.92 Å². The summed E-state index contributed by atoms with van der Waals surface area (Å²) in [5.74, 6) is 0.0273. The molecule has 1 atom stereocenters. The molecule has 0 bridgehead atoms. The molecule has 172 valence electrons. The van der Waals surface area contributed by atoms with Gasteiger partial charge in [0, 0.05) is 29.2 Å². The third kappa shape index (κ3) is 8.59. The van der Waals surface area contributed by atoms with Gasteiger partial charge in [-0.2, -0.15) is 0 Å². The van der Waals surface area contributed by atoms with Gasteiger partial charge in [-0.05, 0) is 67.8 Å². The lowest BCUT2D eigenvalue weighted by molar-refractivity contribution is -0.123. The Kier molecular flexibility index (Phi) is 10.0. The topological polar surface area (TPSA) is 96.5 Å². The van der Waals surface area contributed by atoms with E-state index in [1.165, 1.54) is 0 Å². The molecule has 0 aliphatic heterocycles. The maximum Gasteiger partial charge on any atom is 0.251 e. The van der Waals surface area contributed by atoms with Crippen LogP contribution >= 0.6 is 11.6 Å². The molecule has 0 aliphatic rings. The molecule has 0 radical (unpaired) electrons. The first-order valence-electron chi connectivity index (χ1n) is 10.6. The summed E-state index contributed by atoms with van der Waals surface area (Å²) < 4.78 is 5.37. The summed E-state index contributed by atoms with van der Waals surface area (Å²) >= 11 is 5.86. The monoisotopic (exact) mass is 459 g/mol. The van der Waals surface area contributed by atoms with Crippen molar-refractivity contribution in [2.45, 2.75) is 39.7 Å². The van der Waals surface area contributed by atoms with E-state index in [4.69, 9.17) is 16.3 Å². The van der Waals surface area contributed by atoms with E-state index in [1.54, 1.807) is 48.5 Å². The van der Waals surface area contributed by atoms with Crippen LogP contribution in [-0.4, -0.2) is 36.9 Å². The van der Waals surface area contributed by atoms with Crippen LogP contribution in [0.25, 0.3) is 0 Å². The number of hydrogen-bond donors (Lipinski definition) is 3. The Hall–Kier alpha value is -3.06. The van der Waals surface area contributed by atoms with Gasteiger partial charge in [-0.1, -0.05) is 25.4 Å². The first-order chi connectivity index (χ1) is 15.3. The van der Waals surface area contributed by atoms with E-state index >= 15 is 0 Å². The van der Waals surface area contributed by atoms with Gasteiger partial charge < -0.3 is 20.7 Å². The zero-order chi connectivity index (χ0) is 23.5. The first-order valence-corrected chi connectivity index (χ1v) is 11.0. The van der Waals surface area contributed by atoms with Crippen molar-refractivity contribution >= 4 is 35.0 Å². The standard InChI is InChI=1S/C24H30ClN3O4/c1-4-32-20-11-9-19(10-12-20)27-22(29)13-14-26-24(31)21(15-16(2)3)28-23(30)17-5-7-18(25)8-6-17/h5-12,16,21H,4,13-15H2,1-3H3,(H,26,31)(H,27,29)(H,28,30)/t21-/m1/s1. The maximum atomic E-state index is 12.6. The zero-order valence-electron chi connectivity index (χ0n) is 18.6. The third-order valence-electron chi connectivity index (χ3n) is 4.54. The van der Waals surface area contributed by atoms with Crippen LogP contribution < -0.4 is 20.7 Å². The molecule has 0 aromatic heterocycles. The van der Waals surface area contributed by atoms with Crippen molar-refractivity contribution in [1.29, 1.82) is 0 Å². The van der Waals surface area contributed by atoms with Gasteiger partial charge in [0.05, 0.1) is 6.61 Å². The average molecular weight is 460 g/mol. The van der Waals surface area contributed by atoms with E-state index in [0.29, 0.717) is 29.3 Å². The number of carbonyl (C=O) groups is 3. The van der Waals surface area contributed by atoms with E-state index in [2.05, 4.69) is 16.0 Å². The molecule has 7 nitrogen and oxygen atoms in total. The summed E-state index contributed by atoms with van der Waals surface area (Å²) in [6, 6.07) is 12.8. The van der Waals surface area contributed by atoms with Crippen LogP contribution in [-0.2, 0) is 9.59 Å². The van der Waals surface area contributed by atoms with Crippen LogP contribution in [0.3, 0.4) is 0 Å². The summed E-state index contributed by atoms with van der Waals surface area (Å²) in [6.45, 7) is 6.58. The van der Waals surface area contributed by atoms with E-state index in [9.17, 15) is 14.4 Å². The van der Waals surface area contributed by atoms with Crippen molar-refractivity contribution < 1.29 is 19.1 Å². The summed E-state index contributed by atoms with van der Waals surface area (Å²) in [6.07, 6.45) is 0.585. The smallest absolute Gasteiger partial charge is 0.251 e. The van der Waals surface area contributed by atoms with Gasteiger partial charge in [-0.3, -0.25) is 14.4 Å². The number of halogens is 1. The molecule has 2 rings (SSSR count). The lowest BCUT2D eigenvalue weighted by Crippen LogP contribution is -2.47. The molecule has 0 saturated carbocycles. The van der Waals surface area contributed by atoms with Gasteiger partial charge in [-0.15, -0.1) is 0 Å². The fourth-order valence-electron chi connectivity index (χ4n) is 2.99. The summed E-state index contributed by atoms with van der Waals surface area (Å²) in [5.41, 5.74) is 1.07. The van der Waals surface area contributed by atoms with Crippen LogP contribution in [0.1, 0.15) is 44.0 Å². The fraction of sp³-hybridized carbons (Fsp3) is 0.375. The highest BCUT2D eigenvalue weighted by molar-refractivity contribution is 6.30. The summed E-state index contributed by atoms with van der Waals surface area (Å²) in [4.78, 5) is 37.3. The molecular weight excluding hydrogens is 430 g/mol. The number of anilines is 1. The molecule has 0 heterocycles. The number of ether oxygens (including phenoxy) is 1. The fourth-order valence-corrected chi connectivity index (χ4v) is 3.12. The summed E-state index contributed by atoms with van der Waals surface area (Å²) in [5, 5.41) is 8.82. The second-order valence-corrected chi connectivity index (χ2v) is 8.15. The normalized spacial score (nSPS) is 11.5. The lowest BCUT2D eigenvalue weighted by atomic mass is 10.0. The molecule has 3 amide bonds. The Morgan fingerprint density at radius 3 is 2.25 bits per heavy atom. The van der Waals surface area contributed by atoms with Crippen LogP contribution in [0.4, 0.5) is 5.69 Å². The van der Waals surface area contributed by atoms with Crippen LogP contribution in [0, 0.1) is 5.92 Å². The van der Waals surface area contributed by atoms with Crippen molar-refractivity contribution in [2.75, 3.05) is 18.5 Å². The van der Waals surface area contributed by atoms with E-state index in [1.807, 2.05) is 20.8 Å². The van der Waals surface area contributed by atoms with Gasteiger partial charge in [-0.25, -0.2) is 0 Å². The van der Waals surface area contributed by atoms with Gasteiger partial charge in [0.15, 0.2) is 0 Å². The molecule has 32 heavy (non-hydrogen) atoms. The number of benzene rings is 2. The molecule has 2 aromatic carbocycles. The van der Waals surface area contributed by atoms with Crippen molar-refractivity contribution in [3.05, 3.63) is 59.1 Å². The molecule has 0 aliphatic carbocycles. The molecule has 2 aromatic rings. The third-order valence-corrected chi connectivity index (χ3v) is 4.79. The summed E-state index contributed by atoms with van der Waals surface area (Å²) in [7, 11) is 0. The molecule has 3 N–H and O–H groups in total. The second-order valence-electron chi connectivity index (χ2n) is 7.71. The largest absolute Gasteiger partial charge is 0.494 e. The Morgan fingerprint density at radius 1 is 1.00 bits per heavy atom. The Labute approximate surface area is 193 Å². The Morgan fingerprint density at radius 2 is 1.66 bits per heavy atom. The number of hydrogen-bond acceptors (Lipinski definition) is 4. The van der Waals surface area contributed by atoms with Gasteiger partial charge >= 0.3 is 0 Å². The van der Waals surface area contributed by atoms with Crippen LogP contribution in [0.2, 0.25) is 5.02 Å². The molecule has 8 heteroatoms. The minimum Gasteiger partial charge on any atom is -0.494 e. The number of nitrogens with one attached hydrogen (secondary N) is 3. The predicted molar refractivity (Wildman–Crippen MR) is 126 cm³/mol. The molecule has 0 spiro atoms. The van der Waals surface area contributed by atoms with Crippen molar-refractivity contribution in [1.82, 2.24) is 10.6 Å². The highest BCUT2D eigenvalue weighted by Gasteiger charge is 2.22. The number of carbonyl (C=O) groups excluding carboxylic acids is 3. The lowest BCUT2D eigenvalue weighted by Gasteiger charge is -2.20. The van der Waals surface area contributed by atoms with Gasteiger partial charge in [0.25, 0.3) is 5.91 Å². The Balaban J connectivity index is 1.84. The quantitative estimate of drug-likeness (QED) is 0.472. The zero-order valence-corrected chi connectivity index (χ0v) is 19.4. The van der Waals surface area contributed by atoms with Gasteiger partial charge in [0.1, 0.15) is 11.8 Å². The molecule has 0 fully saturated rings. The number of amides is 3. The maximum absolute atomic E-state index is 12.6. The van der Waals surface area contributed by atoms with Crippen molar-refractivity contribution in [3.8, 4) is 5.75 Å². The molecule has 0 unspecified atom stereocenters. The first kappa shape index (κ1) is 25.2. The minimum atomic E-state index is -0.702. The predicted octanol–water partition coefficient (Wildman–Crippen LogP) is 4.03. The highest BCUT2D eigenvalue weighted by atomic mass is 35.5. The highest BCUT2D eigenvalue weighted by Crippen LogP contribution is 2.16. The van der Waals surface area contributed by atoms with Crippen molar-refractivity contribution in [3.63, 3.8) is 0 Å². The minimum absolute atomic E-state index is 0.110. The van der Waals surface area contributed by atoms with E-state index in [0.717, 1.165) is 5.75 Å². The SMILES string of the molecule is CCOc1ccc(NC(=O)CCNC(=O)[C@@H](CC(C)C)NC(=O)c2ccc(Cl)cc2)cc1. The van der Waals surface area contributed by atoms with Gasteiger partial charge in [0.2, 0.25) is 11.8 Å². The molecule has 0 saturated heterocycles. The van der Waals surface area contributed by atoms with Crippen LogP contribution in [0.15, 0.2) is 48.5 Å². The van der Waals surface area contributed by atoms with E-state index < -0.39 is 6.04 Å². The van der Waals surface area contributed by atoms with Crippen LogP contribution in [0.5, 0.6) is 5.75 Å². The van der Waals surface area contributed by atoms with E-state index in [-0.39, 0.29) is 36.6 Å². The number of rotatable bonds is 11. The molecular formula is C24H30ClN3O4. The average Bonchev–Trinajstić information content (AvgIpc) is 2.75.